The van der Waals surface area contributed by atoms with Gasteiger partial charge in [0.1, 0.15) is 37.7 Å². The highest BCUT2D eigenvalue weighted by atomic mass is 19.4. The summed E-state index contributed by atoms with van der Waals surface area (Å²) in [6, 6.07) is 13.4. The Hall–Kier alpha value is -5.54. The Labute approximate surface area is 310 Å². The summed E-state index contributed by atoms with van der Waals surface area (Å²) in [5, 5.41) is 6.12. The number of para-hydroxylation sites is 1. The summed E-state index contributed by atoms with van der Waals surface area (Å²) in [6.07, 6.45) is 4.90. The summed E-state index contributed by atoms with van der Waals surface area (Å²) in [6.45, 7) is 2.14. The molecule has 4 aromatic rings. The van der Waals surface area contributed by atoms with Gasteiger partial charge in [-0.2, -0.15) is 18.2 Å². The number of anilines is 1. The molecule has 1 saturated heterocycles. The molecule has 0 spiro atoms. The Balaban J connectivity index is 1.01. The number of fused-ring (bicyclic) bond motifs is 1. The van der Waals surface area contributed by atoms with Gasteiger partial charge in [-0.05, 0) is 48.6 Å². The number of urea groups is 1. The first-order chi connectivity index (χ1) is 26.2. The number of amides is 3. The average molecular weight is 749 g/mol. The number of halogens is 3. The molecule has 54 heavy (non-hydrogen) atoms. The van der Waals surface area contributed by atoms with Crippen molar-refractivity contribution in [1.29, 1.82) is 0 Å². The highest BCUT2D eigenvalue weighted by molar-refractivity contribution is 5.79. The smallest absolute Gasteiger partial charge is 0.433 e. The van der Waals surface area contributed by atoms with Gasteiger partial charge < -0.3 is 34.6 Å². The van der Waals surface area contributed by atoms with Gasteiger partial charge in [0.05, 0.1) is 6.04 Å². The summed E-state index contributed by atoms with van der Waals surface area (Å²) >= 11 is 0. The van der Waals surface area contributed by atoms with E-state index in [9.17, 15) is 22.8 Å². The van der Waals surface area contributed by atoms with Gasteiger partial charge in [-0.3, -0.25) is 9.36 Å². The first-order valence-corrected chi connectivity index (χ1v) is 18.3. The van der Waals surface area contributed by atoms with E-state index in [2.05, 4.69) is 25.6 Å². The van der Waals surface area contributed by atoms with Gasteiger partial charge in [0.15, 0.2) is 17.2 Å². The van der Waals surface area contributed by atoms with Crippen LogP contribution in [0.5, 0.6) is 17.2 Å². The van der Waals surface area contributed by atoms with E-state index in [4.69, 9.17) is 14.2 Å². The molecule has 13 nitrogen and oxygen atoms in total. The number of benzene rings is 2. The number of alkyl halides is 3. The van der Waals surface area contributed by atoms with Crippen LogP contribution in [0, 0.1) is 0 Å². The zero-order valence-electron chi connectivity index (χ0n) is 29.8. The quantitative estimate of drug-likeness (QED) is 0.209. The first-order valence-electron chi connectivity index (χ1n) is 18.3. The summed E-state index contributed by atoms with van der Waals surface area (Å²) in [5.74, 6) is 1.66. The van der Waals surface area contributed by atoms with Crippen LogP contribution in [0.1, 0.15) is 55.3 Å². The van der Waals surface area contributed by atoms with Crippen LogP contribution in [0.15, 0.2) is 67.3 Å². The monoisotopic (exact) mass is 748 g/mol. The molecule has 3 aliphatic rings. The minimum atomic E-state index is -4.72. The van der Waals surface area contributed by atoms with Gasteiger partial charge in [-0.1, -0.05) is 43.5 Å². The minimum absolute atomic E-state index is 0.0459. The second kappa shape index (κ2) is 16.6. The molecular formula is C38H43F3N8O5. The van der Waals surface area contributed by atoms with Crippen molar-refractivity contribution < 1.29 is 37.0 Å². The van der Waals surface area contributed by atoms with Gasteiger partial charge in [-0.25, -0.2) is 14.8 Å². The third-order valence-corrected chi connectivity index (χ3v) is 9.84. The third-order valence-electron chi connectivity index (χ3n) is 9.84. The fraction of sp³-hybridized carbons (Fsp3) is 0.447. The number of hydrogen-bond donors (Lipinski definition) is 2. The lowest BCUT2D eigenvalue weighted by molar-refractivity contribution is -0.141. The molecule has 4 heterocycles. The SMILES string of the molecule is O=C(CC1CN(c2cc(C(F)(F)F)nc(-n3ccnc3)n2)CCN1C(=O)NC1CCCCC1)NCCc1ccccc1OCc1ccc2c(c1)OCCO2. The van der Waals surface area contributed by atoms with Crippen LogP contribution in [0.3, 0.4) is 0 Å². The number of imidazole rings is 1. The molecule has 2 fully saturated rings. The van der Waals surface area contributed by atoms with Crippen LogP contribution in [0.2, 0.25) is 0 Å². The number of aromatic nitrogens is 4. The maximum Gasteiger partial charge on any atom is 0.433 e. The second-order valence-corrected chi connectivity index (χ2v) is 13.6. The van der Waals surface area contributed by atoms with E-state index in [-0.39, 0.29) is 55.8 Å². The van der Waals surface area contributed by atoms with E-state index >= 15 is 0 Å². The van der Waals surface area contributed by atoms with E-state index in [1.165, 1.54) is 23.3 Å². The van der Waals surface area contributed by atoms with Gasteiger partial charge in [0.2, 0.25) is 11.9 Å². The number of rotatable bonds is 11. The summed E-state index contributed by atoms with van der Waals surface area (Å²) in [7, 11) is 0. The lowest BCUT2D eigenvalue weighted by atomic mass is 9.95. The van der Waals surface area contributed by atoms with Crippen molar-refractivity contribution in [3.8, 4) is 23.2 Å². The molecule has 2 aromatic carbocycles. The molecular weight excluding hydrogens is 705 g/mol. The van der Waals surface area contributed by atoms with E-state index in [0.29, 0.717) is 50.0 Å². The Morgan fingerprint density at radius 3 is 2.57 bits per heavy atom. The number of hydrogen-bond acceptors (Lipinski definition) is 9. The van der Waals surface area contributed by atoms with Gasteiger partial charge >= 0.3 is 12.2 Å². The minimum Gasteiger partial charge on any atom is -0.489 e. The lowest BCUT2D eigenvalue weighted by Crippen LogP contribution is -2.60. The highest BCUT2D eigenvalue weighted by Gasteiger charge is 2.37. The van der Waals surface area contributed by atoms with Crippen LogP contribution in [-0.4, -0.2) is 87.8 Å². The number of nitrogens with zero attached hydrogens (tertiary/aromatic N) is 6. The predicted octanol–water partition coefficient (Wildman–Crippen LogP) is 5.31. The Morgan fingerprint density at radius 1 is 0.963 bits per heavy atom. The van der Waals surface area contributed by atoms with Crippen molar-refractivity contribution in [3.63, 3.8) is 0 Å². The molecule has 1 unspecified atom stereocenters. The molecule has 1 atom stereocenters. The van der Waals surface area contributed by atoms with Crippen molar-refractivity contribution in [2.45, 2.75) is 69.8 Å². The summed E-state index contributed by atoms with van der Waals surface area (Å²) < 4.78 is 60.7. The fourth-order valence-electron chi connectivity index (χ4n) is 7.04. The zero-order valence-corrected chi connectivity index (χ0v) is 29.8. The van der Waals surface area contributed by atoms with E-state index in [0.717, 1.165) is 49.3 Å². The summed E-state index contributed by atoms with van der Waals surface area (Å²) in [5.41, 5.74) is 0.736. The molecule has 1 aliphatic carbocycles. The number of carbonyl (C=O) groups excluding carboxylic acids is 2. The van der Waals surface area contributed by atoms with Crippen molar-refractivity contribution in [3.05, 3.63) is 84.1 Å². The topological polar surface area (TPSA) is 136 Å². The molecule has 0 radical (unpaired) electrons. The maximum atomic E-state index is 14.0. The maximum absolute atomic E-state index is 14.0. The highest BCUT2D eigenvalue weighted by Crippen LogP contribution is 2.33. The van der Waals surface area contributed by atoms with E-state index in [1.807, 2.05) is 42.5 Å². The van der Waals surface area contributed by atoms with Gasteiger partial charge in [-0.15, -0.1) is 0 Å². The van der Waals surface area contributed by atoms with Crippen molar-refractivity contribution >= 4 is 17.8 Å². The van der Waals surface area contributed by atoms with Crippen LogP contribution < -0.4 is 29.7 Å². The largest absolute Gasteiger partial charge is 0.489 e. The average Bonchev–Trinajstić information content (AvgIpc) is 3.73. The van der Waals surface area contributed by atoms with E-state index < -0.39 is 17.9 Å². The third kappa shape index (κ3) is 9.15. The van der Waals surface area contributed by atoms with Crippen LogP contribution in [-0.2, 0) is 24.0 Å². The molecule has 3 amide bonds. The number of carbonyl (C=O) groups is 2. The molecule has 2 N–H and O–H groups in total. The Bertz CT molecular complexity index is 1900. The second-order valence-electron chi connectivity index (χ2n) is 13.6. The van der Waals surface area contributed by atoms with Crippen LogP contribution in [0.4, 0.5) is 23.8 Å². The fourth-order valence-corrected chi connectivity index (χ4v) is 7.04. The Kier molecular flexibility index (Phi) is 11.3. The first kappa shape index (κ1) is 36.8. The van der Waals surface area contributed by atoms with Crippen LogP contribution in [0.25, 0.3) is 5.95 Å². The number of nitrogens with one attached hydrogen (secondary N) is 2. The van der Waals surface area contributed by atoms with Crippen molar-refractivity contribution in [2.75, 3.05) is 44.3 Å². The van der Waals surface area contributed by atoms with E-state index in [1.54, 1.807) is 9.80 Å². The molecule has 2 aliphatic heterocycles. The zero-order chi connectivity index (χ0) is 37.5. The number of piperazine rings is 1. The molecule has 286 valence electrons. The lowest BCUT2D eigenvalue weighted by Gasteiger charge is -2.42. The predicted molar refractivity (Wildman–Crippen MR) is 192 cm³/mol. The van der Waals surface area contributed by atoms with Crippen LogP contribution >= 0.6 is 0 Å². The Morgan fingerprint density at radius 2 is 1.78 bits per heavy atom. The van der Waals surface area contributed by atoms with Crippen molar-refractivity contribution in [2.24, 2.45) is 0 Å². The molecule has 1 saturated carbocycles. The molecule has 0 bridgehead atoms. The standard InChI is InChI=1S/C38H43F3N8O5/c39-38(40,41)33-22-34(46-36(45-33)48-15-14-42-25-48)47-16-17-49(37(51)44-28-7-2-1-3-8-28)29(23-47)21-35(50)43-13-12-27-6-4-5-9-30(27)54-24-26-10-11-31-32(20-26)53-19-18-52-31/h4-6,9-11,14-15,20,22,25,28-29H,1-3,7-8,12-13,16-19,21,23-24H2,(H,43,50)(H,44,51). The molecule has 7 rings (SSSR count). The summed E-state index contributed by atoms with van der Waals surface area (Å²) in [4.78, 5) is 42.5. The normalized spacial score (nSPS) is 17.6. The van der Waals surface area contributed by atoms with Gasteiger partial charge in [0, 0.05) is 57.1 Å². The van der Waals surface area contributed by atoms with Gasteiger partial charge in [0.25, 0.3) is 0 Å². The molecule has 2 aromatic heterocycles. The number of ether oxygens (including phenoxy) is 3. The molecule has 16 heteroatoms. The van der Waals surface area contributed by atoms with Crippen molar-refractivity contribution in [1.82, 2.24) is 35.1 Å².